The van der Waals surface area contributed by atoms with E-state index in [0.29, 0.717) is 12.2 Å². The maximum atomic E-state index is 15.0. The van der Waals surface area contributed by atoms with Crippen LogP contribution in [0, 0.1) is 56.8 Å². The average Bonchev–Trinajstić information content (AvgIpc) is 3.50. The molecule has 7 atom stereocenters. The quantitative estimate of drug-likeness (QED) is 0.317. The molecule has 0 N–H and O–H groups in total. The highest BCUT2D eigenvalue weighted by molar-refractivity contribution is 6.03. The Kier molecular flexibility index (Phi) is 6.52. The van der Waals surface area contributed by atoms with Crippen LogP contribution in [-0.2, 0) is 9.59 Å². The second-order valence-electron chi connectivity index (χ2n) is 17.1. The fraction of sp³-hybridized carbons (Fsp3) is 0.590. The molecule has 46 heavy (non-hydrogen) atoms. The maximum absolute atomic E-state index is 15.0. The first kappa shape index (κ1) is 31.0. The lowest BCUT2D eigenvalue weighted by Crippen LogP contribution is -2.66. The number of pyridine rings is 1. The van der Waals surface area contributed by atoms with E-state index in [9.17, 15) is 14.4 Å². The van der Waals surface area contributed by atoms with Crippen LogP contribution in [0.3, 0.4) is 0 Å². The first-order valence-corrected chi connectivity index (χ1v) is 17.0. The Morgan fingerprint density at radius 3 is 2.43 bits per heavy atom. The van der Waals surface area contributed by atoms with Gasteiger partial charge in [0, 0.05) is 47.1 Å². The summed E-state index contributed by atoms with van der Waals surface area (Å²) < 4.78 is 1.73. The van der Waals surface area contributed by atoms with Gasteiger partial charge in [-0.1, -0.05) is 60.1 Å². The minimum atomic E-state index is -0.690. The molecule has 0 spiro atoms. The summed E-state index contributed by atoms with van der Waals surface area (Å²) >= 11 is 0. The number of imidazole rings is 1. The van der Waals surface area contributed by atoms with Gasteiger partial charge in [0.05, 0.1) is 12.0 Å². The minimum Gasteiger partial charge on any atom is -0.307 e. The topological polar surface area (TPSA) is 86.3 Å². The van der Waals surface area contributed by atoms with Crippen molar-refractivity contribution in [2.75, 3.05) is 0 Å². The van der Waals surface area contributed by atoms with Gasteiger partial charge in [-0.15, -0.1) is 0 Å². The van der Waals surface area contributed by atoms with Crippen molar-refractivity contribution in [3.05, 3.63) is 71.8 Å². The smallest absolute Gasteiger partial charge is 0.238 e. The highest BCUT2D eigenvalue weighted by Gasteiger charge is 2.71. The number of Topliss-reactive ketones (excluding diaryl/α,β-unsaturated/α-hetero) is 1. The van der Waals surface area contributed by atoms with Crippen LogP contribution in [-0.4, -0.2) is 32.0 Å². The van der Waals surface area contributed by atoms with Gasteiger partial charge in [0.1, 0.15) is 5.82 Å². The summed E-state index contributed by atoms with van der Waals surface area (Å²) in [5.41, 5.74) is -0.540. The largest absolute Gasteiger partial charge is 0.307 e. The van der Waals surface area contributed by atoms with Crippen molar-refractivity contribution in [3.8, 4) is 11.4 Å². The molecule has 2 aromatic heterocycles. The molecular weight excluding hydrogens is 572 g/mol. The van der Waals surface area contributed by atoms with Gasteiger partial charge in [0.2, 0.25) is 11.6 Å². The van der Waals surface area contributed by atoms with E-state index < -0.39 is 16.2 Å². The van der Waals surface area contributed by atoms with Crippen molar-refractivity contribution in [1.82, 2.24) is 14.5 Å². The van der Waals surface area contributed by atoms with Gasteiger partial charge in [0.15, 0.2) is 11.6 Å². The Labute approximate surface area is 272 Å². The molecular formula is C39H46N4O3. The first-order chi connectivity index (χ1) is 21.6. The van der Waals surface area contributed by atoms with Crippen LogP contribution < -0.4 is 0 Å². The molecule has 2 aromatic rings. The molecule has 7 nitrogen and oxygen atoms in total. The van der Waals surface area contributed by atoms with Crippen molar-refractivity contribution in [1.29, 1.82) is 0 Å². The lowest BCUT2D eigenvalue weighted by molar-refractivity contribution is -0.164. The fourth-order valence-corrected chi connectivity index (χ4v) is 11.4. The third-order valence-electron chi connectivity index (χ3n) is 14.0. The number of aromatic nitrogens is 3. The summed E-state index contributed by atoms with van der Waals surface area (Å²) in [4.78, 5) is 55.8. The van der Waals surface area contributed by atoms with Crippen molar-refractivity contribution in [2.24, 2.45) is 50.2 Å². The highest BCUT2D eigenvalue weighted by atomic mass is 16.2. The molecule has 7 heteroatoms. The Balaban J connectivity index is 1.37. The van der Waals surface area contributed by atoms with Crippen LogP contribution in [0.4, 0.5) is 0 Å². The molecule has 0 radical (unpaired) electrons. The molecule has 7 rings (SSSR count). The highest BCUT2D eigenvalue weighted by Crippen LogP contribution is 2.74. The van der Waals surface area contributed by atoms with Gasteiger partial charge >= 0.3 is 0 Å². The minimum absolute atomic E-state index is 0.00363. The molecule has 0 amide bonds. The molecule has 3 saturated carbocycles. The van der Waals surface area contributed by atoms with Crippen LogP contribution in [0.1, 0.15) is 98.2 Å². The van der Waals surface area contributed by atoms with E-state index in [0.717, 1.165) is 49.7 Å². The van der Waals surface area contributed by atoms with E-state index in [-0.39, 0.29) is 57.2 Å². The number of allylic oxidation sites excluding steroid dienone is 4. The summed E-state index contributed by atoms with van der Waals surface area (Å²) in [6.07, 6.45) is 16.4. The number of rotatable bonds is 2. The van der Waals surface area contributed by atoms with Crippen molar-refractivity contribution in [3.63, 3.8) is 0 Å². The number of carbonyl (C=O) groups excluding carboxylic acids is 3. The Morgan fingerprint density at radius 2 is 1.74 bits per heavy atom. The zero-order valence-corrected chi connectivity index (χ0v) is 28.3. The zero-order chi connectivity index (χ0) is 33.1. The molecule has 0 aromatic carbocycles. The molecule has 5 aliphatic rings. The molecule has 3 fully saturated rings. The van der Waals surface area contributed by atoms with Crippen LogP contribution >= 0.6 is 0 Å². The molecule has 5 aliphatic carbocycles. The maximum Gasteiger partial charge on any atom is 0.238 e. The number of carbonyl (C=O) groups is 3. The van der Waals surface area contributed by atoms with Crippen LogP contribution in [0.15, 0.2) is 60.3 Å². The summed E-state index contributed by atoms with van der Waals surface area (Å²) in [5, 5.41) is 0. The molecule has 7 unspecified atom stereocenters. The van der Waals surface area contributed by atoms with Crippen molar-refractivity contribution >= 4 is 17.5 Å². The van der Waals surface area contributed by atoms with E-state index in [2.05, 4.69) is 49.4 Å². The van der Waals surface area contributed by atoms with Crippen molar-refractivity contribution < 1.29 is 14.4 Å². The normalized spacial score (nSPS) is 39.0. The second-order valence-corrected chi connectivity index (χ2v) is 17.1. The summed E-state index contributed by atoms with van der Waals surface area (Å²) in [6, 6.07) is 3.79. The predicted molar refractivity (Wildman–Crippen MR) is 176 cm³/mol. The van der Waals surface area contributed by atoms with Crippen LogP contribution in [0.25, 0.3) is 16.2 Å². The predicted octanol–water partition coefficient (Wildman–Crippen LogP) is 8.16. The van der Waals surface area contributed by atoms with Gasteiger partial charge in [-0.05, 0) is 91.2 Å². The first-order valence-electron chi connectivity index (χ1n) is 17.0. The monoisotopic (exact) mass is 618 g/mol. The van der Waals surface area contributed by atoms with E-state index in [1.54, 1.807) is 29.4 Å². The lowest BCUT2D eigenvalue weighted by atomic mass is 9.34. The molecule has 0 aliphatic heterocycles. The molecule has 2 heterocycles. The third-order valence-corrected chi connectivity index (χ3v) is 14.0. The SMILES string of the molecule is [C-]#[N+]C1=CC2(C)C3=CC(=O)C4C5CC(C)(C)CCC5(C(=O)n5ccnc5-c5cccnc5)CCC4(C)C3(C)CCC2C(C)(C)C1=O. The van der Waals surface area contributed by atoms with Gasteiger partial charge in [0.25, 0.3) is 0 Å². The Bertz CT molecular complexity index is 1770. The van der Waals surface area contributed by atoms with E-state index in [1.165, 1.54) is 0 Å². The van der Waals surface area contributed by atoms with E-state index in [1.807, 2.05) is 38.1 Å². The van der Waals surface area contributed by atoms with Crippen LogP contribution in [0.5, 0.6) is 0 Å². The Hall–Kier alpha value is -3.66. The number of nitrogens with zero attached hydrogens (tertiary/aromatic N) is 4. The van der Waals surface area contributed by atoms with E-state index in [4.69, 9.17) is 6.57 Å². The second kappa shape index (κ2) is 9.69. The standard InChI is InChI=1S/C39H46N4O3/c1-34(2)13-15-39(33(46)43-19-18-42-32(43)24-10-9-17-41-23-24)16-14-38(7)30(25(39)21-34)27(44)20-29-36(5)22-26(40-8)31(45)35(3,4)28(36)11-12-37(29,38)6/h9-10,17-20,22-23,25,28,30H,11-16,21H2,1-7H3. The average molecular weight is 619 g/mol. The van der Waals surface area contributed by atoms with Gasteiger partial charge < -0.3 is 4.79 Å². The summed E-state index contributed by atoms with van der Waals surface area (Å²) in [7, 11) is 0. The van der Waals surface area contributed by atoms with Crippen molar-refractivity contribution in [2.45, 2.75) is 93.4 Å². The fourth-order valence-electron chi connectivity index (χ4n) is 11.4. The van der Waals surface area contributed by atoms with E-state index >= 15 is 0 Å². The number of hydrogen-bond donors (Lipinski definition) is 0. The zero-order valence-electron chi connectivity index (χ0n) is 28.3. The van der Waals surface area contributed by atoms with Crippen LogP contribution in [0.2, 0.25) is 0 Å². The molecule has 0 bridgehead atoms. The number of fused-ring (bicyclic) bond motifs is 7. The third kappa shape index (κ3) is 3.85. The van der Waals surface area contributed by atoms with Gasteiger partial charge in [-0.2, -0.15) is 0 Å². The summed E-state index contributed by atoms with van der Waals surface area (Å²) in [6.45, 7) is 23.2. The summed E-state index contributed by atoms with van der Waals surface area (Å²) in [5.74, 6) is 0.265. The molecule has 240 valence electrons. The number of ketones is 2. The molecule has 0 saturated heterocycles. The van der Waals surface area contributed by atoms with Gasteiger partial charge in [-0.25, -0.2) is 9.83 Å². The Morgan fingerprint density at radius 1 is 1.00 bits per heavy atom. The number of hydrogen-bond acceptors (Lipinski definition) is 5. The lowest BCUT2D eigenvalue weighted by Gasteiger charge is -2.69. The van der Waals surface area contributed by atoms with Gasteiger partial charge in [-0.3, -0.25) is 19.1 Å².